The van der Waals surface area contributed by atoms with Gasteiger partial charge in [-0.3, -0.25) is 4.79 Å². The molecule has 3 rings (SSSR count). The number of carbonyl (C=O) groups is 1. The van der Waals surface area contributed by atoms with Gasteiger partial charge in [-0.2, -0.15) is 0 Å². The highest BCUT2D eigenvalue weighted by Crippen LogP contribution is 2.29. The smallest absolute Gasteiger partial charge is 0.157 e. The number of carbonyl (C=O) groups excluding carboxylic acids is 1. The van der Waals surface area contributed by atoms with Crippen LogP contribution in [0.3, 0.4) is 0 Å². The van der Waals surface area contributed by atoms with Gasteiger partial charge in [0.15, 0.2) is 5.78 Å². The average Bonchev–Trinajstić information content (AvgIpc) is 3.06. The second kappa shape index (κ2) is 7.87. The maximum absolute atomic E-state index is 12.7. The fraction of sp³-hybridized carbons (Fsp3) is 0.476. The van der Waals surface area contributed by atoms with Gasteiger partial charge in [-0.15, -0.1) is 0 Å². The summed E-state index contributed by atoms with van der Waals surface area (Å²) in [4.78, 5) is 15.2. The zero-order chi connectivity index (χ0) is 17.7. The highest BCUT2D eigenvalue weighted by molar-refractivity contribution is 5.91. The van der Waals surface area contributed by atoms with Crippen molar-refractivity contribution >= 4 is 11.5 Å². The minimum absolute atomic E-state index is 0.332. The van der Waals surface area contributed by atoms with Crippen LogP contribution in [0.1, 0.15) is 31.9 Å². The van der Waals surface area contributed by atoms with Crippen LogP contribution in [0, 0.1) is 0 Å². The summed E-state index contributed by atoms with van der Waals surface area (Å²) in [6, 6.07) is 14.4. The molecule has 1 aromatic heterocycles. The minimum atomic E-state index is -0.405. The number of hydrogen-bond acceptors (Lipinski definition) is 3. The first-order valence-corrected chi connectivity index (χ1v) is 9.32. The van der Waals surface area contributed by atoms with Crippen molar-refractivity contribution in [2.24, 2.45) is 7.05 Å². The van der Waals surface area contributed by atoms with Gasteiger partial charge in [0.2, 0.25) is 0 Å². The number of rotatable bonds is 7. The number of benzene rings is 1. The summed E-state index contributed by atoms with van der Waals surface area (Å²) >= 11 is 0. The standard InChI is InChI=1S/C21H29N3O/c1-3-20(25)21(22-18-8-5-4-6-9-18)12-16-24(17-13-21)15-11-19-10-7-14-23(19)2/h4-10,14,22H,3,11-13,15-17H2,1-2H3. The minimum Gasteiger partial charge on any atom is -0.373 e. The molecule has 2 heterocycles. The van der Waals surface area contributed by atoms with Gasteiger partial charge in [-0.05, 0) is 37.1 Å². The van der Waals surface area contributed by atoms with Crippen LogP contribution in [0.2, 0.25) is 0 Å². The van der Waals surface area contributed by atoms with E-state index in [4.69, 9.17) is 0 Å². The van der Waals surface area contributed by atoms with Gasteiger partial charge in [0.1, 0.15) is 0 Å². The Kier molecular flexibility index (Phi) is 5.59. The molecule has 1 saturated heterocycles. The van der Waals surface area contributed by atoms with Crippen LogP contribution in [0.25, 0.3) is 0 Å². The van der Waals surface area contributed by atoms with Crippen molar-refractivity contribution < 1.29 is 4.79 Å². The van der Waals surface area contributed by atoms with Crippen molar-refractivity contribution in [1.82, 2.24) is 9.47 Å². The van der Waals surface area contributed by atoms with Gasteiger partial charge in [-0.25, -0.2) is 0 Å². The Balaban J connectivity index is 1.61. The van der Waals surface area contributed by atoms with Crippen molar-refractivity contribution in [3.63, 3.8) is 0 Å². The largest absolute Gasteiger partial charge is 0.373 e. The van der Waals surface area contributed by atoms with Crippen molar-refractivity contribution in [2.75, 3.05) is 25.0 Å². The maximum Gasteiger partial charge on any atom is 0.157 e. The topological polar surface area (TPSA) is 37.3 Å². The molecule has 0 spiro atoms. The van der Waals surface area contributed by atoms with Crippen LogP contribution < -0.4 is 5.32 Å². The van der Waals surface area contributed by atoms with E-state index in [9.17, 15) is 4.79 Å². The van der Waals surface area contributed by atoms with E-state index in [0.29, 0.717) is 12.2 Å². The number of ketones is 1. The highest BCUT2D eigenvalue weighted by Gasteiger charge is 2.39. The second-order valence-electron chi connectivity index (χ2n) is 7.05. The summed E-state index contributed by atoms with van der Waals surface area (Å²) in [6.07, 6.45) is 5.50. The molecule has 1 aliphatic rings. The lowest BCUT2D eigenvalue weighted by Gasteiger charge is -2.42. The Labute approximate surface area is 150 Å². The van der Waals surface area contributed by atoms with Crippen LogP contribution in [-0.2, 0) is 18.3 Å². The molecule has 4 heteroatoms. The Hall–Kier alpha value is -2.07. The number of likely N-dealkylation sites (tertiary alicyclic amines) is 1. The van der Waals surface area contributed by atoms with E-state index in [0.717, 1.165) is 44.6 Å². The van der Waals surface area contributed by atoms with Gasteiger partial charge in [0, 0.05) is 57.1 Å². The average molecular weight is 339 g/mol. The molecule has 0 atom stereocenters. The predicted octanol–water partition coefficient (Wildman–Crippen LogP) is 3.49. The molecule has 2 aromatic rings. The molecule has 0 bridgehead atoms. The molecule has 25 heavy (non-hydrogen) atoms. The highest BCUT2D eigenvalue weighted by atomic mass is 16.1. The summed E-state index contributed by atoms with van der Waals surface area (Å²) in [5.74, 6) is 0.332. The fourth-order valence-electron chi connectivity index (χ4n) is 3.80. The third-order valence-corrected chi connectivity index (χ3v) is 5.46. The Morgan fingerprint density at radius 3 is 2.44 bits per heavy atom. The van der Waals surface area contributed by atoms with Gasteiger partial charge in [0.05, 0.1) is 5.54 Å². The molecule has 1 N–H and O–H groups in total. The lowest BCUT2D eigenvalue weighted by atomic mass is 9.82. The van der Waals surface area contributed by atoms with Crippen LogP contribution in [0.5, 0.6) is 0 Å². The first-order chi connectivity index (χ1) is 12.1. The third kappa shape index (κ3) is 4.13. The van der Waals surface area contributed by atoms with E-state index in [1.807, 2.05) is 37.3 Å². The quantitative estimate of drug-likeness (QED) is 0.839. The third-order valence-electron chi connectivity index (χ3n) is 5.46. The van der Waals surface area contributed by atoms with Crippen molar-refractivity contribution in [1.29, 1.82) is 0 Å². The van der Waals surface area contributed by atoms with Crippen LogP contribution in [0.4, 0.5) is 5.69 Å². The number of hydrogen-bond donors (Lipinski definition) is 1. The summed E-state index contributed by atoms with van der Waals surface area (Å²) in [7, 11) is 2.10. The molecule has 0 unspecified atom stereocenters. The molecule has 0 saturated carbocycles. The molecule has 1 aliphatic heterocycles. The van der Waals surface area contributed by atoms with Gasteiger partial charge in [-0.1, -0.05) is 25.1 Å². The van der Waals surface area contributed by atoms with E-state index in [1.54, 1.807) is 0 Å². The second-order valence-corrected chi connectivity index (χ2v) is 7.05. The number of nitrogens with one attached hydrogen (secondary N) is 1. The summed E-state index contributed by atoms with van der Waals surface area (Å²) in [5.41, 5.74) is 2.00. The van der Waals surface area contributed by atoms with Crippen molar-refractivity contribution in [2.45, 2.75) is 38.1 Å². The number of aromatic nitrogens is 1. The zero-order valence-corrected chi connectivity index (χ0v) is 15.4. The van der Waals surface area contributed by atoms with E-state index in [2.05, 4.69) is 40.2 Å². The molecule has 0 aliphatic carbocycles. The lowest BCUT2D eigenvalue weighted by Crippen LogP contribution is -2.54. The monoisotopic (exact) mass is 339 g/mol. The number of Topliss-reactive ketones (excluding diaryl/α,β-unsaturated/α-hetero) is 1. The summed E-state index contributed by atoms with van der Waals surface area (Å²) in [6.45, 7) is 4.96. The summed E-state index contributed by atoms with van der Waals surface area (Å²) in [5, 5.41) is 3.56. The van der Waals surface area contributed by atoms with Crippen LogP contribution >= 0.6 is 0 Å². The van der Waals surface area contributed by atoms with Crippen molar-refractivity contribution in [3.8, 4) is 0 Å². The fourth-order valence-corrected chi connectivity index (χ4v) is 3.80. The normalized spacial score (nSPS) is 17.4. The Morgan fingerprint density at radius 1 is 1.12 bits per heavy atom. The predicted molar refractivity (Wildman–Crippen MR) is 103 cm³/mol. The first-order valence-electron chi connectivity index (χ1n) is 9.32. The zero-order valence-electron chi connectivity index (χ0n) is 15.4. The van der Waals surface area contributed by atoms with Crippen LogP contribution in [-0.4, -0.2) is 40.4 Å². The Bertz CT molecular complexity index is 684. The van der Waals surface area contributed by atoms with Gasteiger partial charge in [0.25, 0.3) is 0 Å². The molecule has 1 aromatic carbocycles. The number of aryl methyl sites for hydroxylation is 1. The molecule has 134 valence electrons. The first kappa shape index (κ1) is 17.7. The van der Waals surface area contributed by atoms with Gasteiger partial charge >= 0.3 is 0 Å². The maximum atomic E-state index is 12.7. The van der Waals surface area contributed by atoms with E-state index in [1.165, 1.54) is 5.69 Å². The van der Waals surface area contributed by atoms with Gasteiger partial charge < -0.3 is 14.8 Å². The molecule has 0 amide bonds. The molecular weight excluding hydrogens is 310 g/mol. The number of nitrogens with zero attached hydrogens (tertiary/aromatic N) is 2. The number of anilines is 1. The van der Waals surface area contributed by atoms with Crippen molar-refractivity contribution in [3.05, 3.63) is 54.4 Å². The Morgan fingerprint density at radius 2 is 1.84 bits per heavy atom. The van der Waals surface area contributed by atoms with E-state index in [-0.39, 0.29) is 0 Å². The molecule has 0 radical (unpaired) electrons. The molecular formula is C21H29N3O. The molecule has 4 nitrogen and oxygen atoms in total. The van der Waals surface area contributed by atoms with Crippen LogP contribution in [0.15, 0.2) is 48.7 Å². The SMILES string of the molecule is CCC(=O)C1(Nc2ccccc2)CCN(CCc2cccn2C)CC1. The number of para-hydroxylation sites is 1. The summed E-state index contributed by atoms with van der Waals surface area (Å²) < 4.78 is 2.19. The number of piperidine rings is 1. The van der Waals surface area contributed by atoms with E-state index >= 15 is 0 Å². The van der Waals surface area contributed by atoms with E-state index < -0.39 is 5.54 Å². The lowest BCUT2D eigenvalue weighted by molar-refractivity contribution is -0.124. The molecule has 1 fully saturated rings.